The zero-order valence-corrected chi connectivity index (χ0v) is 10.8. The summed E-state index contributed by atoms with van der Waals surface area (Å²) in [6, 6.07) is 7.41. The Morgan fingerprint density at radius 2 is 2.25 bits per heavy atom. The predicted molar refractivity (Wildman–Crippen MR) is 70.4 cm³/mol. The number of benzene rings is 1. The molecule has 0 spiro atoms. The third-order valence-electron chi connectivity index (χ3n) is 2.06. The maximum atomic E-state index is 11.6. The highest BCUT2D eigenvalue weighted by molar-refractivity contribution is 9.10. The van der Waals surface area contributed by atoms with E-state index in [9.17, 15) is 4.79 Å². The number of anilines is 1. The van der Waals surface area contributed by atoms with E-state index in [1.165, 1.54) is 0 Å². The second kappa shape index (κ2) is 6.33. The summed E-state index contributed by atoms with van der Waals surface area (Å²) in [6.45, 7) is 5.85. The summed E-state index contributed by atoms with van der Waals surface area (Å²) in [5.41, 5.74) is 0.906. The quantitative estimate of drug-likeness (QED) is 0.815. The lowest BCUT2D eigenvalue weighted by molar-refractivity contribution is -0.121. The van der Waals surface area contributed by atoms with Gasteiger partial charge in [0.15, 0.2) is 0 Å². The Balaban J connectivity index is 2.57. The van der Waals surface area contributed by atoms with Gasteiger partial charge in [-0.3, -0.25) is 4.79 Å². The molecule has 1 aromatic carbocycles. The molecule has 0 saturated heterocycles. The second-order valence-corrected chi connectivity index (χ2v) is 4.23. The van der Waals surface area contributed by atoms with Gasteiger partial charge in [-0.1, -0.05) is 18.2 Å². The topological polar surface area (TPSA) is 41.1 Å². The van der Waals surface area contributed by atoms with Crippen molar-refractivity contribution in [2.45, 2.75) is 13.0 Å². The molecule has 0 aromatic heterocycles. The van der Waals surface area contributed by atoms with Crippen LogP contribution in [0.4, 0.5) is 5.69 Å². The Labute approximate surface area is 104 Å². The lowest BCUT2D eigenvalue weighted by atomic mass is 10.2. The normalized spacial score (nSPS) is 11.6. The van der Waals surface area contributed by atoms with Crippen LogP contribution in [0, 0.1) is 0 Å². The van der Waals surface area contributed by atoms with Gasteiger partial charge in [0.1, 0.15) is 6.04 Å². The van der Waals surface area contributed by atoms with Crippen LogP contribution in [0.2, 0.25) is 0 Å². The van der Waals surface area contributed by atoms with Gasteiger partial charge in [0.05, 0.1) is 0 Å². The van der Waals surface area contributed by atoms with Gasteiger partial charge >= 0.3 is 0 Å². The molecule has 1 atom stereocenters. The zero-order valence-electron chi connectivity index (χ0n) is 9.16. The van der Waals surface area contributed by atoms with Crippen molar-refractivity contribution in [3.8, 4) is 0 Å². The molecule has 16 heavy (non-hydrogen) atoms. The first kappa shape index (κ1) is 12.8. The first-order valence-corrected chi connectivity index (χ1v) is 5.84. The molecular formula is C12H15BrN2O. The molecule has 4 heteroatoms. The van der Waals surface area contributed by atoms with E-state index in [1.807, 2.05) is 31.2 Å². The van der Waals surface area contributed by atoms with E-state index in [0.717, 1.165) is 10.2 Å². The van der Waals surface area contributed by atoms with Gasteiger partial charge in [-0.2, -0.15) is 0 Å². The fourth-order valence-corrected chi connectivity index (χ4v) is 1.60. The van der Waals surface area contributed by atoms with Crippen LogP contribution in [0.5, 0.6) is 0 Å². The minimum Gasteiger partial charge on any atom is -0.373 e. The Morgan fingerprint density at radius 3 is 2.88 bits per heavy atom. The van der Waals surface area contributed by atoms with E-state index in [2.05, 4.69) is 33.1 Å². The van der Waals surface area contributed by atoms with Gasteiger partial charge in [0.25, 0.3) is 0 Å². The van der Waals surface area contributed by atoms with Gasteiger partial charge in [-0.25, -0.2) is 0 Å². The van der Waals surface area contributed by atoms with Gasteiger partial charge in [-0.15, -0.1) is 6.58 Å². The zero-order chi connectivity index (χ0) is 12.0. The van der Waals surface area contributed by atoms with E-state index in [-0.39, 0.29) is 11.9 Å². The third kappa shape index (κ3) is 3.70. The molecule has 1 aromatic rings. The van der Waals surface area contributed by atoms with E-state index in [4.69, 9.17) is 0 Å². The molecule has 0 saturated carbocycles. The number of carbonyl (C=O) groups excluding carboxylic acids is 1. The average Bonchev–Trinajstić information content (AvgIpc) is 2.28. The minimum atomic E-state index is -0.279. The van der Waals surface area contributed by atoms with Crippen molar-refractivity contribution >= 4 is 27.5 Å². The Morgan fingerprint density at radius 1 is 1.56 bits per heavy atom. The molecule has 2 N–H and O–H groups in total. The van der Waals surface area contributed by atoms with Gasteiger partial charge in [-0.05, 0) is 35.0 Å². The van der Waals surface area contributed by atoms with E-state index in [1.54, 1.807) is 6.08 Å². The van der Waals surface area contributed by atoms with Gasteiger partial charge in [0, 0.05) is 16.7 Å². The van der Waals surface area contributed by atoms with Crippen molar-refractivity contribution in [2.75, 3.05) is 11.9 Å². The van der Waals surface area contributed by atoms with Crippen LogP contribution < -0.4 is 10.6 Å². The average molecular weight is 283 g/mol. The number of rotatable bonds is 5. The molecule has 0 fully saturated rings. The van der Waals surface area contributed by atoms with E-state index in [0.29, 0.717) is 6.54 Å². The molecule has 0 aliphatic carbocycles. The number of amides is 1. The fraction of sp³-hybridized carbons (Fsp3) is 0.250. The van der Waals surface area contributed by atoms with Crippen LogP contribution in [-0.4, -0.2) is 18.5 Å². The smallest absolute Gasteiger partial charge is 0.242 e. The number of carbonyl (C=O) groups is 1. The third-order valence-corrected chi connectivity index (χ3v) is 2.75. The summed E-state index contributed by atoms with van der Waals surface area (Å²) in [5, 5.41) is 5.86. The van der Waals surface area contributed by atoms with Crippen molar-refractivity contribution in [1.29, 1.82) is 0 Å². The Hall–Kier alpha value is -1.29. The molecule has 0 bridgehead atoms. The summed E-state index contributed by atoms with van der Waals surface area (Å²) in [5.74, 6) is -0.0457. The van der Waals surface area contributed by atoms with Crippen LogP contribution in [0.15, 0.2) is 41.4 Å². The summed E-state index contributed by atoms with van der Waals surface area (Å²) in [7, 11) is 0. The highest BCUT2D eigenvalue weighted by atomic mass is 79.9. The lowest BCUT2D eigenvalue weighted by Crippen LogP contribution is -2.37. The predicted octanol–water partition coefficient (Wildman–Crippen LogP) is 2.55. The van der Waals surface area contributed by atoms with Gasteiger partial charge < -0.3 is 10.6 Å². The highest BCUT2D eigenvalue weighted by Gasteiger charge is 2.12. The van der Waals surface area contributed by atoms with Crippen LogP contribution in [0.3, 0.4) is 0 Å². The SMILES string of the molecule is C=CCNC(=O)C(C)Nc1ccccc1Br. The molecule has 0 heterocycles. The van der Waals surface area contributed by atoms with Crippen molar-refractivity contribution < 1.29 is 4.79 Å². The standard InChI is InChI=1S/C12H15BrN2O/c1-3-8-14-12(16)9(2)15-11-7-5-4-6-10(11)13/h3-7,9,15H,1,8H2,2H3,(H,14,16). The largest absolute Gasteiger partial charge is 0.373 e. The van der Waals surface area contributed by atoms with Crippen LogP contribution in [0.25, 0.3) is 0 Å². The molecule has 0 aliphatic heterocycles. The monoisotopic (exact) mass is 282 g/mol. The molecule has 0 aliphatic rings. The van der Waals surface area contributed by atoms with Crippen molar-refractivity contribution in [3.63, 3.8) is 0 Å². The first-order valence-electron chi connectivity index (χ1n) is 5.05. The maximum Gasteiger partial charge on any atom is 0.242 e. The number of hydrogen-bond donors (Lipinski definition) is 2. The first-order chi connectivity index (χ1) is 7.65. The molecule has 1 rings (SSSR count). The number of nitrogens with one attached hydrogen (secondary N) is 2. The minimum absolute atomic E-state index is 0.0457. The van der Waals surface area contributed by atoms with Crippen molar-refractivity contribution in [1.82, 2.24) is 5.32 Å². The Kier molecular flexibility index (Phi) is 5.05. The lowest BCUT2D eigenvalue weighted by Gasteiger charge is -2.15. The van der Waals surface area contributed by atoms with Gasteiger partial charge in [0.2, 0.25) is 5.91 Å². The van der Waals surface area contributed by atoms with Crippen molar-refractivity contribution in [3.05, 3.63) is 41.4 Å². The van der Waals surface area contributed by atoms with Crippen LogP contribution in [-0.2, 0) is 4.79 Å². The number of hydrogen-bond acceptors (Lipinski definition) is 2. The van der Waals surface area contributed by atoms with E-state index >= 15 is 0 Å². The fourth-order valence-electron chi connectivity index (χ4n) is 1.20. The Bertz CT molecular complexity index is 379. The number of halogens is 1. The van der Waals surface area contributed by atoms with Crippen molar-refractivity contribution in [2.24, 2.45) is 0 Å². The number of para-hydroxylation sites is 1. The highest BCUT2D eigenvalue weighted by Crippen LogP contribution is 2.21. The van der Waals surface area contributed by atoms with Crippen LogP contribution >= 0.6 is 15.9 Å². The summed E-state index contributed by atoms with van der Waals surface area (Å²) in [4.78, 5) is 11.6. The maximum absolute atomic E-state index is 11.6. The summed E-state index contributed by atoms with van der Waals surface area (Å²) < 4.78 is 0.943. The van der Waals surface area contributed by atoms with Crippen LogP contribution in [0.1, 0.15) is 6.92 Å². The molecule has 0 radical (unpaired) electrons. The molecule has 86 valence electrons. The second-order valence-electron chi connectivity index (χ2n) is 3.38. The molecule has 3 nitrogen and oxygen atoms in total. The summed E-state index contributed by atoms with van der Waals surface area (Å²) in [6.07, 6.45) is 1.66. The molecular weight excluding hydrogens is 268 g/mol. The molecule has 1 amide bonds. The molecule has 1 unspecified atom stereocenters. The van der Waals surface area contributed by atoms with E-state index < -0.39 is 0 Å². The summed E-state index contributed by atoms with van der Waals surface area (Å²) >= 11 is 3.42.